The minimum absolute atomic E-state index is 0.00648. The van der Waals surface area contributed by atoms with Crippen LogP contribution in [0.2, 0.25) is 0 Å². The van der Waals surface area contributed by atoms with Gasteiger partial charge in [0.15, 0.2) is 0 Å². The average molecular weight is 249 g/mol. The molecule has 1 aliphatic heterocycles. The molecule has 18 heavy (non-hydrogen) atoms. The van der Waals surface area contributed by atoms with Crippen LogP contribution in [0.15, 0.2) is 24.3 Å². The topological polar surface area (TPSA) is 84.3 Å². The first-order valence-electron chi connectivity index (χ1n) is 5.86. The van der Waals surface area contributed by atoms with Crippen molar-refractivity contribution in [2.45, 2.75) is 13.0 Å². The number of nitro benzene ring substituents is 1. The lowest BCUT2D eigenvalue weighted by Crippen LogP contribution is -2.44. The van der Waals surface area contributed by atoms with Gasteiger partial charge in [-0.05, 0) is 24.6 Å². The predicted molar refractivity (Wildman–Crippen MR) is 65.9 cm³/mol. The smallest absolute Gasteiger partial charge is 0.269 e. The second kappa shape index (κ2) is 5.59. The molecule has 1 aromatic carbocycles. The van der Waals surface area contributed by atoms with E-state index in [2.05, 4.69) is 10.6 Å². The van der Waals surface area contributed by atoms with Gasteiger partial charge in [0, 0.05) is 25.1 Å². The SMILES string of the molecule is O=C(CC1CNC1)NCc1cccc([N+](=O)[O-])c1. The summed E-state index contributed by atoms with van der Waals surface area (Å²) in [7, 11) is 0. The van der Waals surface area contributed by atoms with E-state index in [0.717, 1.165) is 18.7 Å². The Balaban J connectivity index is 1.83. The minimum atomic E-state index is -0.439. The molecule has 1 fully saturated rings. The summed E-state index contributed by atoms with van der Waals surface area (Å²) in [6, 6.07) is 6.30. The molecule has 6 nitrogen and oxygen atoms in total. The fraction of sp³-hybridized carbons (Fsp3) is 0.417. The van der Waals surface area contributed by atoms with Crippen LogP contribution in [0.5, 0.6) is 0 Å². The molecule has 0 bridgehead atoms. The molecule has 0 saturated carbocycles. The van der Waals surface area contributed by atoms with Crippen molar-refractivity contribution in [1.82, 2.24) is 10.6 Å². The lowest BCUT2D eigenvalue weighted by atomic mass is 9.99. The minimum Gasteiger partial charge on any atom is -0.352 e. The summed E-state index contributed by atoms with van der Waals surface area (Å²) in [6.45, 7) is 2.12. The average Bonchev–Trinajstić information content (AvgIpc) is 2.31. The van der Waals surface area contributed by atoms with Gasteiger partial charge in [-0.2, -0.15) is 0 Å². The third kappa shape index (κ3) is 3.27. The van der Waals surface area contributed by atoms with Crippen LogP contribution in [-0.2, 0) is 11.3 Å². The summed E-state index contributed by atoms with van der Waals surface area (Å²) in [4.78, 5) is 21.7. The number of amides is 1. The molecule has 0 aromatic heterocycles. The Bertz CT molecular complexity index is 458. The first kappa shape index (κ1) is 12.5. The fourth-order valence-corrected chi connectivity index (χ4v) is 1.81. The van der Waals surface area contributed by atoms with Gasteiger partial charge in [-0.1, -0.05) is 12.1 Å². The molecule has 2 N–H and O–H groups in total. The zero-order valence-corrected chi connectivity index (χ0v) is 9.89. The molecule has 6 heteroatoms. The molecule has 1 aromatic rings. The molecule has 96 valence electrons. The van der Waals surface area contributed by atoms with Crippen molar-refractivity contribution < 1.29 is 9.72 Å². The van der Waals surface area contributed by atoms with E-state index in [4.69, 9.17) is 0 Å². The molecule has 1 aliphatic rings. The molecular formula is C12H15N3O3. The molecule has 0 atom stereocenters. The number of non-ortho nitro benzene ring substituents is 1. The Morgan fingerprint density at radius 2 is 2.28 bits per heavy atom. The molecule has 0 aliphatic carbocycles. The quantitative estimate of drug-likeness (QED) is 0.597. The van der Waals surface area contributed by atoms with E-state index in [-0.39, 0.29) is 11.6 Å². The third-order valence-corrected chi connectivity index (χ3v) is 2.95. The molecule has 1 amide bonds. The van der Waals surface area contributed by atoms with Crippen molar-refractivity contribution in [3.63, 3.8) is 0 Å². The first-order chi connectivity index (χ1) is 8.65. The maximum atomic E-state index is 11.6. The van der Waals surface area contributed by atoms with Crippen LogP contribution in [0.25, 0.3) is 0 Å². The monoisotopic (exact) mass is 249 g/mol. The largest absolute Gasteiger partial charge is 0.352 e. The van der Waals surface area contributed by atoms with Crippen molar-refractivity contribution in [3.8, 4) is 0 Å². The highest BCUT2D eigenvalue weighted by Crippen LogP contribution is 2.13. The molecule has 1 heterocycles. The Morgan fingerprint density at radius 3 is 2.89 bits per heavy atom. The maximum Gasteiger partial charge on any atom is 0.269 e. The van der Waals surface area contributed by atoms with Crippen LogP contribution in [0.3, 0.4) is 0 Å². The summed E-state index contributed by atoms with van der Waals surface area (Å²) in [6.07, 6.45) is 0.516. The van der Waals surface area contributed by atoms with Crippen molar-refractivity contribution in [3.05, 3.63) is 39.9 Å². The molecule has 1 saturated heterocycles. The number of carbonyl (C=O) groups excluding carboxylic acids is 1. The van der Waals surface area contributed by atoms with Crippen LogP contribution in [-0.4, -0.2) is 23.9 Å². The van der Waals surface area contributed by atoms with E-state index in [1.165, 1.54) is 12.1 Å². The van der Waals surface area contributed by atoms with Gasteiger partial charge in [-0.15, -0.1) is 0 Å². The van der Waals surface area contributed by atoms with E-state index >= 15 is 0 Å². The second-order valence-corrected chi connectivity index (χ2v) is 4.43. The van der Waals surface area contributed by atoms with Crippen molar-refractivity contribution >= 4 is 11.6 Å². The van der Waals surface area contributed by atoms with Crippen LogP contribution in [0.1, 0.15) is 12.0 Å². The van der Waals surface area contributed by atoms with Gasteiger partial charge in [0.05, 0.1) is 4.92 Å². The summed E-state index contributed by atoms with van der Waals surface area (Å²) in [5, 5.41) is 16.5. The normalized spacial score (nSPS) is 14.9. The third-order valence-electron chi connectivity index (χ3n) is 2.95. The van der Waals surface area contributed by atoms with E-state index in [0.29, 0.717) is 18.9 Å². The molecular weight excluding hydrogens is 234 g/mol. The number of hydrogen-bond acceptors (Lipinski definition) is 4. The van der Waals surface area contributed by atoms with Gasteiger partial charge in [0.2, 0.25) is 5.91 Å². The summed E-state index contributed by atoms with van der Waals surface area (Å²) >= 11 is 0. The molecule has 0 radical (unpaired) electrons. The fourth-order valence-electron chi connectivity index (χ4n) is 1.81. The first-order valence-corrected chi connectivity index (χ1v) is 5.86. The van der Waals surface area contributed by atoms with Crippen LogP contribution in [0.4, 0.5) is 5.69 Å². The Morgan fingerprint density at radius 1 is 1.50 bits per heavy atom. The zero-order valence-electron chi connectivity index (χ0n) is 9.89. The second-order valence-electron chi connectivity index (χ2n) is 4.43. The lowest BCUT2D eigenvalue weighted by molar-refractivity contribution is -0.384. The number of benzene rings is 1. The number of nitrogens with one attached hydrogen (secondary N) is 2. The van der Waals surface area contributed by atoms with Crippen LogP contribution >= 0.6 is 0 Å². The van der Waals surface area contributed by atoms with Crippen molar-refractivity contribution in [1.29, 1.82) is 0 Å². The molecule has 0 spiro atoms. The van der Waals surface area contributed by atoms with Crippen LogP contribution < -0.4 is 10.6 Å². The number of nitro groups is 1. The van der Waals surface area contributed by atoms with E-state index in [1.807, 2.05) is 0 Å². The maximum absolute atomic E-state index is 11.6. The zero-order chi connectivity index (χ0) is 13.0. The highest BCUT2D eigenvalue weighted by Gasteiger charge is 2.19. The standard InChI is InChI=1S/C12H15N3O3/c16-12(5-10-6-13-7-10)14-8-9-2-1-3-11(4-9)15(17)18/h1-4,10,13H,5-8H2,(H,14,16). The van der Waals surface area contributed by atoms with Crippen molar-refractivity contribution in [2.75, 3.05) is 13.1 Å². The van der Waals surface area contributed by atoms with Crippen LogP contribution in [0, 0.1) is 16.0 Å². The molecule has 0 unspecified atom stereocenters. The van der Waals surface area contributed by atoms with Gasteiger partial charge in [-0.3, -0.25) is 14.9 Å². The van der Waals surface area contributed by atoms with E-state index in [1.54, 1.807) is 12.1 Å². The Kier molecular flexibility index (Phi) is 3.88. The lowest BCUT2D eigenvalue weighted by Gasteiger charge is -2.26. The van der Waals surface area contributed by atoms with Gasteiger partial charge in [0.1, 0.15) is 0 Å². The van der Waals surface area contributed by atoms with E-state index < -0.39 is 4.92 Å². The highest BCUT2D eigenvalue weighted by atomic mass is 16.6. The number of rotatable bonds is 5. The predicted octanol–water partition coefficient (Wildman–Crippen LogP) is 0.820. The van der Waals surface area contributed by atoms with E-state index in [9.17, 15) is 14.9 Å². The number of carbonyl (C=O) groups is 1. The van der Waals surface area contributed by atoms with Gasteiger partial charge >= 0.3 is 0 Å². The summed E-state index contributed by atoms with van der Waals surface area (Å²) < 4.78 is 0. The van der Waals surface area contributed by atoms with Gasteiger partial charge < -0.3 is 10.6 Å². The number of nitrogens with zero attached hydrogens (tertiary/aromatic N) is 1. The molecule has 2 rings (SSSR count). The number of hydrogen-bond donors (Lipinski definition) is 2. The Hall–Kier alpha value is -1.95. The highest BCUT2D eigenvalue weighted by molar-refractivity contribution is 5.76. The summed E-state index contributed by atoms with van der Waals surface area (Å²) in [5.41, 5.74) is 0.786. The van der Waals surface area contributed by atoms with Crippen molar-refractivity contribution in [2.24, 2.45) is 5.92 Å². The Labute approximate surface area is 105 Å². The van der Waals surface area contributed by atoms with Gasteiger partial charge in [-0.25, -0.2) is 0 Å². The van der Waals surface area contributed by atoms with Gasteiger partial charge in [0.25, 0.3) is 5.69 Å². The summed E-state index contributed by atoms with van der Waals surface area (Å²) in [5.74, 6) is 0.420.